The van der Waals surface area contributed by atoms with Gasteiger partial charge in [-0.1, -0.05) is 18.2 Å². The monoisotopic (exact) mass is 261 g/mol. The largest absolute Gasteiger partial charge is 0.367 e. The predicted molar refractivity (Wildman–Crippen MR) is 82.7 cm³/mol. The standard InChI is InChI=1S/C16H27N3/c1-14-7-4-5-8-15(14)19(3)16(13-17)9-6-11-18(2)12-10-16/h4-5,7-8H,6,9-13,17H2,1-3H3. The lowest BCUT2D eigenvalue weighted by Crippen LogP contribution is -2.53. The topological polar surface area (TPSA) is 32.5 Å². The highest BCUT2D eigenvalue weighted by atomic mass is 15.2. The molecule has 1 aromatic rings. The third-order valence-electron chi connectivity index (χ3n) is 4.71. The van der Waals surface area contributed by atoms with Crippen LogP contribution in [0.3, 0.4) is 0 Å². The fraction of sp³-hybridized carbons (Fsp3) is 0.625. The summed E-state index contributed by atoms with van der Waals surface area (Å²) in [4.78, 5) is 4.85. The molecule has 1 saturated heterocycles. The molecule has 0 aromatic heterocycles. The molecule has 1 unspecified atom stereocenters. The van der Waals surface area contributed by atoms with Crippen molar-refractivity contribution >= 4 is 5.69 Å². The lowest BCUT2D eigenvalue weighted by atomic mass is 9.88. The summed E-state index contributed by atoms with van der Waals surface area (Å²) in [5.74, 6) is 0. The Morgan fingerprint density at radius 1 is 1.26 bits per heavy atom. The number of likely N-dealkylation sites (N-methyl/N-ethyl adjacent to an activating group) is 1. The Morgan fingerprint density at radius 2 is 2.00 bits per heavy atom. The average molecular weight is 261 g/mol. The van der Waals surface area contributed by atoms with Crippen molar-refractivity contribution in [3.63, 3.8) is 0 Å². The fourth-order valence-electron chi connectivity index (χ4n) is 3.19. The van der Waals surface area contributed by atoms with Crippen LogP contribution < -0.4 is 10.6 Å². The Labute approximate surface area is 117 Å². The van der Waals surface area contributed by atoms with Crippen molar-refractivity contribution in [2.75, 3.05) is 38.6 Å². The summed E-state index contributed by atoms with van der Waals surface area (Å²) in [6, 6.07) is 8.61. The quantitative estimate of drug-likeness (QED) is 0.906. The van der Waals surface area contributed by atoms with E-state index in [1.165, 1.54) is 30.6 Å². The summed E-state index contributed by atoms with van der Waals surface area (Å²) < 4.78 is 0. The molecule has 0 spiro atoms. The number of hydrogen-bond acceptors (Lipinski definition) is 3. The third kappa shape index (κ3) is 2.93. The van der Waals surface area contributed by atoms with Crippen LogP contribution in [0.1, 0.15) is 24.8 Å². The minimum Gasteiger partial charge on any atom is -0.367 e. The van der Waals surface area contributed by atoms with Gasteiger partial charge in [0.25, 0.3) is 0 Å². The van der Waals surface area contributed by atoms with Gasteiger partial charge in [0, 0.05) is 25.8 Å². The Balaban J connectivity index is 2.27. The number of anilines is 1. The van der Waals surface area contributed by atoms with Crippen LogP contribution in [0.4, 0.5) is 5.69 Å². The van der Waals surface area contributed by atoms with Crippen molar-refractivity contribution in [2.45, 2.75) is 31.7 Å². The van der Waals surface area contributed by atoms with E-state index < -0.39 is 0 Å². The van der Waals surface area contributed by atoms with Crippen molar-refractivity contribution < 1.29 is 0 Å². The SMILES string of the molecule is Cc1ccccc1N(C)C1(CN)CCCN(C)CC1. The number of nitrogens with two attached hydrogens (primary N) is 1. The molecule has 2 N–H and O–H groups in total. The molecule has 1 atom stereocenters. The molecule has 0 radical (unpaired) electrons. The van der Waals surface area contributed by atoms with Crippen LogP contribution in [0.5, 0.6) is 0 Å². The molecule has 3 heteroatoms. The third-order valence-corrected chi connectivity index (χ3v) is 4.71. The van der Waals surface area contributed by atoms with Gasteiger partial charge in [-0.25, -0.2) is 0 Å². The maximum Gasteiger partial charge on any atom is 0.0533 e. The molecule has 0 amide bonds. The first-order chi connectivity index (χ1) is 9.09. The van der Waals surface area contributed by atoms with Gasteiger partial charge in [0.1, 0.15) is 0 Å². The summed E-state index contributed by atoms with van der Waals surface area (Å²) >= 11 is 0. The van der Waals surface area contributed by atoms with Gasteiger partial charge in [0.15, 0.2) is 0 Å². The molecule has 0 aliphatic carbocycles. The molecular weight excluding hydrogens is 234 g/mol. The second-order valence-corrected chi connectivity index (χ2v) is 5.93. The van der Waals surface area contributed by atoms with Crippen LogP contribution in [0.15, 0.2) is 24.3 Å². The van der Waals surface area contributed by atoms with E-state index in [4.69, 9.17) is 5.73 Å². The normalized spacial score (nSPS) is 25.1. The Bertz CT molecular complexity index is 418. The van der Waals surface area contributed by atoms with E-state index in [1.54, 1.807) is 0 Å². The lowest BCUT2D eigenvalue weighted by Gasteiger charge is -2.43. The summed E-state index contributed by atoms with van der Waals surface area (Å²) in [6.07, 6.45) is 3.55. The highest BCUT2D eigenvalue weighted by Gasteiger charge is 2.35. The first kappa shape index (κ1) is 14.4. The van der Waals surface area contributed by atoms with Gasteiger partial charge in [-0.15, -0.1) is 0 Å². The Kier molecular flexibility index (Phi) is 4.48. The van der Waals surface area contributed by atoms with Crippen LogP contribution in [0.2, 0.25) is 0 Å². The van der Waals surface area contributed by atoms with E-state index in [2.05, 4.69) is 55.1 Å². The Morgan fingerprint density at radius 3 is 2.68 bits per heavy atom. The number of para-hydroxylation sites is 1. The van der Waals surface area contributed by atoms with E-state index >= 15 is 0 Å². The van der Waals surface area contributed by atoms with Gasteiger partial charge in [-0.2, -0.15) is 0 Å². The highest BCUT2D eigenvalue weighted by Crippen LogP contribution is 2.32. The van der Waals surface area contributed by atoms with E-state index in [0.29, 0.717) is 0 Å². The second-order valence-electron chi connectivity index (χ2n) is 5.93. The zero-order valence-corrected chi connectivity index (χ0v) is 12.5. The molecule has 3 nitrogen and oxygen atoms in total. The molecule has 1 aliphatic heterocycles. The maximum absolute atomic E-state index is 6.18. The van der Waals surface area contributed by atoms with Crippen LogP contribution in [0, 0.1) is 6.92 Å². The number of likely N-dealkylation sites (tertiary alicyclic amines) is 1. The molecule has 1 aromatic carbocycles. The van der Waals surface area contributed by atoms with E-state index in [1.807, 2.05) is 0 Å². The van der Waals surface area contributed by atoms with Crippen LogP contribution in [0.25, 0.3) is 0 Å². The first-order valence-electron chi connectivity index (χ1n) is 7.27. The average Bonchev–Trinajstić information content (AvgIpc) is 2.61. The molecular formula is C16H27N3. The van der Waals surface area contributed by atoms with Gasteiger partial charge in [0.2, 0.25) is 0 Å². The van der Waals surface area contributed by atoms with E-state index in [9.17, 15) is 0 Å². The fourth-order valence-corrected chi connectivity index (χ4v) is 3.19. The first-order valence-corrected chi connectivity index (χ1v) is 7.27. The maximum atomic E-state index is 6.18. The minimum absolute atomic E-state index is 0.108. The molecule has 0 bridgehead atoms. The van der Waals surface area contributed by atoms with Crippen molar-refractivity contribution in [3.05, 3.63) is 29.8 Å². The predicted octanol–water partition coefficient (Wildman–Crippen LogP) is 2.24. The van der Waals surface area contributed by atoms with Crippen molar-refractivity contribution in [1.29, 1.82) is 0 Å². The Hall–Kier alpha value is -1.06. The van der Waals surface area contributed by atoms with Gasteiger partial charge >= 0.3 is 0 Å². The molecule has 1 aliphatic rings. The second kappa shape index (κ2) is 5.93. The summed E-state index contributed by atoms with van der Waals surface area (Å²) in [6.45, 7) is 5.22. The lowest BCUT2D eigenvalue weighted by molar-refractivity contribution is 0.324. The van der Waals surface area contributed by atoms with E-state index in [-0.39, 0.29) is 5.54 Å². The zero-order chi connectivity index (χ0) is 13.9. The van der Waals surface area contributed by atoms with Gasteiger partial charge in [-0.05, 0) is 51.4 Å². The van der Waals surface area contributed by atoms with Crippen LogP contribution in [-0.2, 0) is 0 Å². The molecule has 2 rings (SSSR count). The number of hydrogen-bond donors (Lipinski definition) is 1. The number of nitrogens with zero attached hydrogens (tertiary/aromatic N) is 2. The molecule has 0 saturated carbocycles. The number of rotatable bonds is 3. The van der Waals surface area contributed by atoms with Crippen molar-refractivity contribution in [3.8, 4) is 0 Å². The van der Waals surface area contributed by atoms with Crippen molar-refractivity contribution in [2.24, 2.45) is 5.73 Å². The number of benzene rings is 1. The zero-order valence-electron chi connectivity index (χ0n) is 12.5. The number of aryl methyl sites for hydroxylation is 1. The summed E-state index contributed by atoms with van der Waals surface area (Å²) in [5, 5.41) is 0. The highest BCUT2D eigenvalue weighted by molar-refractivity contribution is 5.54. The molecule has 106 valence electrons. The minimum atomic E-state index is 0.108. The van der Waals surface area contributed by atoms with Gasteiger partial charge in [-0.3, -0.25) is 0 Å². The van der Waals surface area contributed by atoms with E-state index in [0.717, 1.165) is 19.5 Å². The molecule has 1 heterocycles. The smallest absolute Gasteiger partial charge is 0.0533 e. The summed E-state index contributed by atoms with van der Waals surface area (Å²) in [5.41, 5.74) is 8.94. The summed E-state index contributed by atoms with van der Waals surface area (Å²) in [7, 11) is 4.42. The van der Waals surface area contributed by atoms with Gasteiger partial charge < -0.3 is 15.5 Å². The molecule has 19 heavy (non-hydrogen) atoms. The van der Waals surface area contributed by atoms with Crippen molar-refractivity contribution in [1.82, 2.24) is 4.90 Å². The van der Waals surface area contributed by atoms with Crippen LogP contribution >= 0.6 is 0 Å². The molecule has 1 fully saturated rings. The van der Waals surface area contributed by atoms with Gasteiger partial charge in [0.05, 0.1) is 5.54 Å². The van der Waals surface area contributed by atoms with Crippen LogP contribution in [-0.4, -0.2) is 44.2 Å².